The van der Waals surface area contributed by atoms with Crippen molar-refractivity contribution >= 4 is 0 Å². The molecule has 142 valence electrons. The Morgan fingerprint density at radius 2 is 1.92 bits per heavy atom. The van der Waals surface area contributed by atoms with Gasteiger partial charge < -0.3 is 9.84 Å². The molecule has 0 amide bonds. The molecule has 0 bridgehead atoms. The summed E-state index contributed by atoms with van der Waals surface area (Å²) in [6.45, 7) is 5.66. The van der Waals surface area contributed by atoms with Crippen LogP contribution >= 0.6 is 0 Å². The van der Waals surface area contributed by atoms with Crippen molar-refractivity contribution in [1.29, 1.82) is 0 Å². The Morgan fingerprint density at radius 3 is 2.72 bits per heavy atom. The fourth-order valence-electron chi connectivity index (χ4n) is 7.10. The minimum Gasteiger partial charge on any atom is -0.393 e. The van der Waals surface area contributed by atoms with E-state index in [-0.39, 0.29) is 18.1 Å². The van der Waals surface area contributed by atoms with Gasteiger partial charge in [-0.3, -0.25) is 5.26 Å². The van der Waals surface area contributed by atoms with E-state index in [1.165, 1.54) is 25.7 Å². The molecule has 0 unspecified atom stereocenters. The first-order valence-corrected chi connectivity index (χ1v) is 10.2. The van der Waals surface area contributed by atoms with Crippen molar-refractivity contribution in [2.75, 3.05) is 13.2 Å². The first kappa shape index (κ1) is 18.0. The van der Waals surface area contributed by atoms with E-state index in [0.29, 0.717) is 18.1 Å². The van der Waals surface area contributed by atoms with Crippen molar-refractivity contribution in [1.82, 2.24) is 0 Å². The van der Waals surface area contributed by atoms with Crippen LogP contribution in [0.2, 0.25) is 0 Å². The highest BCUT2D eigenvalue weighted by Gasteiger charge is 2.58. The van der Waals surface area contributed by atoms with Crippen LogP contribution in [-0.4, -0.2) is 35.8 Å². The Labute approximate surface area is 151 Å². The quantitative estimate of drug-likeness (QED) is 0.345. The second-order valence-corrected chi connectivity index (χ2v) is 9.47. The van der Waals surface area contributed by atoms with E-state index in [0.717, 1.165) is 43.4 Å². The van der Waals surface area contributed by atoms with Crippen molar-refractivity contribution in [2.45, 2.75) is 77.4 Å². The highest BCUT2D eigenvalue weighted by atomic mass is 17.1. The molecular weight excluding hydrogens is 316 g/mol. The van der Waals surface area contributed by atoms with Gasteiger partial charge in [0.25, 0.3) is 0 Å². The van der Waals surface area contributed by atoms with Crippen LogP contribution in [0, 0.1) is 28.6 Å². The maximum absolute atomic E-state index is 10.1. The van der Waals surface area contributed by atoms with Gasteiger partial charge >= 0.3 is 0 Å². The van der Waals surface area contributed by atoms with Gasteiger partial charge in [-0.05, 0) is 80.0 Å². The number of allylic oxidation sites excluding steroid dienone is 1. The fraction of sp³-hybridized carbons (Fsp3) is 0.905. The topological polar surface area (TPSA) is 58.9 Å². The first-order chi connectivity index (χ1) is 12.0. The van der Waals surface area contributed by atoms with Gasteiger partial charge in [-0.15, -0.1) is 0 Å². The SMILES string of the molecule is C[C@]12CC[C@H]3[C@@H](CC=C4C[C@@H](O)CC[C@@]43C)[C@@H]1CC[C@@H]2OCCOO. The smallest absolute Gasteiger partial charge is 0.105 e. The number of aliphatic hydroxyl groups is 1. The highest BCUT2D eigenvalue weighted by molar-refractivity contribution is 5.25. The monoisotopic (exact) mass is 350 g/mol. The zero-order valence-electron chi connectivity index (χ0n) is 15.7. The van der Waals surface area contributed by atoms with E-state index >= 15 is 0 Å². The summed E-state index contributed by atoms with van der Waals surface area (Å²) in [7, 11) is 0. The van der Waals surface area contributed by atoms with Crippen LogP contribution in [0.1, 0.15) is 65.2 Å². The molecule has 3 fully saturated rings. The summed E-state index contributed by atoms with van der Waals surface area (Å²) >= 11 is 0. The standard InChI is InChI=1S/C21H34O4/c1-20-9-7-15(22)13-14(20)3-4-16-17-5-6-19(24-11-12-25-23)21(17,2)10-8-18(16)20/h3,15-19,22-23H,4-13H2,1-2H3/t15-,16-,17-,18-,19-,20-,21-/m0/s1. The van der Waals surface area contributed by atoms with E-state index in [1.807, 2.05) is 0 Å². The van der Waals surface area contributed by atoms with Crippen molar-refractivity contribution in [2.24, 2.45) is 28.6 Å². The van der Waals surface area contributed by atoms with Crippen LogP contribution in [0.5, 0.6) is 0 Å². The summed E-state index contributed by atoms with van der Waals surface area (Å²) < 4.78 is 6.11. The van der Waals surface area contributed by atoms with Crippen molar-refractivity contribution in [3.63, 3.8) is 0 Å². The number of aliphatic hydroxyl groups excluding tert-OH is 1. The summed E-state index contributed by atoms with van der Waals surface area (Å²) in [5.74, 6) is 2.29. The molecule has 0 aliphatic heterocycles. The van der Waals surface area contributed by atoms with Gasteiger partial charge in [0.2, 0.25) is 0 Å². The number of rotatable bonds is 4. The molecular formula is C21H34O4. The molecule has 0 heterocycles. The molecule has 4 rings (SSSR count). The summed E-state index contributed by atoms with van der Waals surface area (Å²) in [4.78, 5) is 4.18. The van der Waals surface area contributed by atoms with Crippen LogP contribution in [0.15, 0.2) is 11.6 Å². The minimum atomic E-state index is -0.122. The lowest BCUT2D eigenvalue weighted by Crippen LogP contribution is -2.51. The van der Waals surface area contributed by atoms with Crippen LogP contribution in [-0.2, 0) is 9.62 Å². The molecule has 0 saturated heterocycles. The Bertz CT molecular complexity index is 532. The lowest BCUT2D eigenvalue weighted by molar-refractivity contribution is -0.253. The molecule has 4 aliphatic rings. The van der Waals surface area contributed by atoms with E-state index in [1.54, 1.807) is 5.57 Å². The van der Waals surface area contributed by atoms with E-state index < -0.39 is 0 Å². The number of hydrogen-bond acceptors (Lipinski definition) is 4. The third-order valence-electron chi connectivity index (χ3n) is 8.48. The Balaban J connectivity index is 1.54. The van der Waals surface area contributed by atoms with E-state index in [2.05, 4.69) is 24.8 Å². The molecule has 0 spiro atoms. The number of fused-ring (bicyclic) bond motifs is 5. The third-order valence-corrected chi connectivity index (χ3v) is 8.48. The second kappa shape index (κ2) is 6.63. The zero-order chi connectivity index (χ0) is 17.7. The number of hydrogen-bond donors (Lipinski definition) is 2. The minimum absolute atomic E-state index is 0.122. The molecule has 0 aromatic carbocycles. The van der Waals surface area contributed by atoms with Gasteiger partial charge in [-0.25, -0.2) is 4.89 Å². The molecule has 3 saturated carbocycles. The lowest BCUT2D eigenvalue weighted by atomic mass is 9.48. The largest absolute Gasteiger partial charge is 0.393 e. The molecule has 4 heteroatoms. The fourth-order valence-corrected chi connectivity index (χ4v) is 7.10. The van der Waals surface area contributed by atoms with Crippen molar-refractivity contribution < 1.29 is 20.0 Å². The van der Waals surface area contributed by atoms with E-state index in [9.17, 15) is 5.11 Å². The van der Waals surface area contributed by atoms with Crippen molar-refractivity contribution in [3.8, 4) is 0 Å². The Kier molecular flexibility index (Phi) is 4.77. The molecule has 4 aliphatic carbocycles. The van der Waals surface area contributed by atoms with Crippen LogP contribution in [0.4, 0.5) is 0 Å². The summed E-state index contributed by atoms with van der Waals surface area (Å²) in [6.07, 6.45) is 11.8. The molecule has 2 N–H and O–H groups in total. The van der Waals surface area contributed by atoms with Gasteiger partial charge in [0, 0.05) is 0 Å². The normalized spacial score (nSPS) is 49.1. The van der Waals surface area contributed by atoms with Gasteiger partial charge in [-0.1, -0.05) is 25.5 Å². The van der Waals surface area contributed by atoms with E-state index in [4.69, 9.17) is 9.99 Å². The molecule has 0 aromatic rings. The van der Waals surface area contributed by atoms with Gasteiger partial charge in [-0.2, -0.15) is 0 Å². The van der Waals surface area contributed by atoms with Crippen molar-refractivity contribution in [3.05, 3.63) is 11.6 Å². The maximum atomic E-state index is 10.1. The lowest BCUT2D eigenvalue weighted by Gasteiger charge is -2.57. The van der Waals surface area contributed by atoms with Crippen LogP contribution in [0.3, 0.4) is 0 Å². The first-order valence-electron chi connectivity index (χ1n) is 10.2. The van der Waals surface area contributed by atoms with Gasteiger partial charge in [0.15, 0.2) is 0 Å². The number of ether oxygens (including phenoxy) is 1. The zero-order valence-corrected chi connectivity index (χ0v) is 15.7. The second-order valence-electron chi connectivity index (χ2n) is 9.47. The summed E-state index contributed by atoms with van der Waals surface area (Å²) in [5.41, 5.74) is 2.13. The van der Waals surface area contributed by atoms with Gasteiger partial charge in [0.05, 0.1) is 18.8 Å². The predicted molar refractivity (Wildman–Crippen MR) is 96.0 cm³/mol. The molecule has 4 nitrogen and oxygen atoms in total. The van der Waals surface area contributed by atoms with Gasteiger partial charge in [0.1, 0.15) is 6.61 Å². The predicted octanol–water partition coefficient (Wildman–Crippen LogP) is 4.18. The maximum Gasteiger partial charge on any atom is 0.105 e. The molecule has 0 radical (unpaired) electrons. The van der Waals surface area contributed by atoms with Crippen LogP contribution < -0.4 is 0 Å². The Hall–Kier alpha value is -0.420. The third kappa shape index (κ3) is 2.80. The van der Waals surface area contributed by atoms with Crippen LogP contribution in [0.25, 0.3) is 0 Å². The molecule has 0 aromatic heterocycles. The summed E-state index contributed by atoms with van der Waals surface area (Å²) in [6, 6.07) is 0. The molecule has 7 atom stereocenters. The average Bonchev–Trinajstić information content (AvgIpc) is 2.92. The molecule has 25 heavy (non-hydrogen) atoms. The summed E-state index contributed by atoms with van der Waals surface area (Å²) in [5, 5.41) is 18.6. The Morgan fingerprint density at radius 1 is 1.08 bits per heavy atom. The highest BCUT2D eigenvalue weighted by Crippen LogP contribution is 2.65. The average molecular weight is 350 g/mol.